The van der Waals surface area contributed by atoms with Gasteiger partial charge in [-0.1, -0.05) is 18.2 Å². The van der Waals surface area contributed by atoms with Crippen LogP contribution in [-0.2, 0) is 0 Å². The summed E-state index contributed by atoms with van der Waals surface area (Å²) in [6, 6.07) is 9.62. The van der Waals surface area contributed by atoms with Crippen molar-refractivity contribution in [2.24, 2.45) is 0 Å². The third-order valence-corrected chi connectivity index (χ3v) is 3.46. The lowest BCUT2D eigenvalue weighted by Gasteiger charge is -2.00. The molecule has 2 aromatic rings. The third kappa shape index (κ3) is 4.60. The normalized spacial score (nSPS) is 13.5. The zero-order chi connectivity index (χ0) is 13.3. The molecule has 1 aliphatic carbocycles. The van der Waals surface area contributed by atoms with Crippen molar-refractivity contribution in [1.82, 2.24) is 9.97 Å². The van der Waals surface area contributed by atoms with Crippen LogP contribution < -0.4 is 0 Å². The lowest BCUT2D eigenvalue weighted by atomic mass is 10.1. The van der Waals surface area contributed by atoms with Crippen LogP contribution in [0.3, 0.4) is 0 Å². The fourth-order valence-corrected chi connectivity index (χ4v) is 2.30. The highest BCUT2D eigenvalue weighted by molar-refractivity contribution is 9.10. The fourth-order valence-electron chi connectivity index (χ4n) is 1.84. The molecule has 19 heavy (non-hydrogen) atoms. The van der Waals surface area contributed by atoms with Gasteiger partial charge in [0.15, 0.2) is 0 Å². The maximum absolute atomic E-state index is 4.24. The highest BCUT2D eigenvalue weighted by atomic mass is 79.9. The van der Waals surface area contributed by atoms with Crippen molar-refractivity contribution < 1.29 is 0 Å². The summed E-state index contributed by atoms with van der Waals surface area (Å²) >= 11 is 3.43. The van der Waals surface area contributed by atoms with Crippen LogP contribution in [0.2, 0.25) is 0 Å². The predicted octanol–water partition coefficient (Wildman–Crippen LogP) is 5.02. The molecule has 1 aliphatic rings. The number of rotatable bonds is 1. The van der Waals surface area contributed by atoms with Gasteiger partial charge in [-0.15, -0.1) is 0 Å². The number of allylic oxidation sites excluding steroid dienone is 2. The van der Waals surface area contributed by atoms with Crippen LogP contribution >= 0.6 is 15.9 Å². The lowest BCUT2D eigenvalue weighted by Crippen LogP contribution is -1.86. The zero-order valence-corrected chi connectivity index (χ0v) is 12.4. The maximum atomic E-state index is 4.24. The number of halogens is 1. The molecule has 3 heteroatoms. The minimum Gasteiger partial charge on any atom is -0.255 e. The second kappa shape index (κ2) is 7.85. The van der Waals surface area contributed by atoms with E-state index in [0.717, 1.165) is 15.9 Å². The van der Waals surface area contributed by atoms with Gasteiger partial charge in [0.2, 0.25) is 0 Å². The van der Waals surface area contributed by atoms with Gasteiger partial charge in [0.05, 0.1) is 5.69 Å². The quantitative estimate of drug-likeness (QED) is 0.690. The number of aromatic nitrogens is 2. The van der Waals surface area contributed by atoms with Crippen molar-refractivity contribution in [1.29, 1.82) is 0 Å². The summed E-state index contributed by atoms with van der Waals surface area (Å²) in [5, 5.41) is 0. The summed E-state index contributed by atoms with van der Waals surface area (Å²) < 4.78 is 0.966. The molecule has 0 amide bonds. The van der Waals surface area contributed by atoms with E-state index in [-0.39, 0.29) is 0 Å². The molecule has 0 aromatic carbocycles. The molecule has 0 unspecified atom stereocenters. The van der Waals surface area contributed by atoms with E-state index in [1.807, 2.05) is 30.3 Å². The van der Waals surface area contributed by atoms with Gasteiger partial charge in [-0.05, 0) is 65.9 Å². The largest absolute Gasteiger partial charge is 0.255 e. The molecule has 0 fully saturated rings. The molecule has 0 saturated heterocycles. The van der Waals surface area contributed by atoms with Crippen LogP contribution in [0.5, 0.6) is 0 Å². The summed E-state index contributed by atoms with van der Waals surface area (Å²) in [6.07, 6.45) is 13.5. The van der Waals surface area contributed by atoms with Crippen molar-refractivity contribution in [2.75, 3.05) is 0 Å². The minimum absolute atomic E-state index is 0.878. The summed E-state index contributed by atoms with van der Waals surface area (Å²) in [7, 11) is 0. The molecular formula is C16H17BrN2. The van der Waals surface area contributed by atoms with E-state index in [4.69, 9.17) is 0 Å². The molecule has 0 atom stereocenters. The van der Waals surface area contributed by atoms with Crippen molar-refractivity contribution >= 4 is 15.9 Å². The van der Waals surface area contributed by atoms with Crippen LogP contribution in [0.15, 0.2) is 59.4 Å². The van der Waals surface area contributed by atoms with Gasteiger partial charge in [-0.25, -0.2) is 0 Å². The smallest absolute Gasteiger partial charge is 0.103 e. The molecule has 2 nitrogen and oxygen atoms in total. The number of hydrogen-bond donors (Lipinski definition) is 0. The van der Waals surface area contributed by atoms with Crippen molar-refractivity contribution in [3.05, 3.63) is 59.4 Å². The van der Waals surface area contributed by atoms with E-state index in [1.54, 1.807) is 12.4 Å². The molecule has 98 valence electrons. The SMILES string of the molecule is Brc1cccnc1-c1ccccn1.C1=CCCCC1. The van der Waals surface area contributed by atoms with E-state index < -0.39 is 0 Å². The van der Waals surface area contributed by atoms with Crippen LogP contribution in [0.25, 0.3) is 11.4 Å². The van der Waals surface area contributed by atoms with E-state index in [9.17, 15) is 0 Å². The third-order valence-electron chi connectivity index (χ3n) is 2.82. The van der Waals surface area contributed by atoms with Crippen LogP contribution in [0.4, 0.5) is 0 Å². The molecule has 0 aliphatic heterocycles. The van der Waals surface area contributed by atoms with Gasteiger partial charge in [0, 0.05) is 16.9 Å². The summed E-state index contributed by atoms with van der Waals surface area (Å²) in [4.78, 5) is 8.46. The molecule has 2 aromatic heterocycles. The summed E-state index contributed by atoms with van der Waals surface area (Å²) in [6.45, 7) is 0. The first-order valence-electron chi connectivity index (χ1n) is 6.55. The Morgan fingerprint density at radius 3 is 2.11 bits per heavy atom. The monoisotopic (exact) mass is 316 g/mol. The maximum Gasteiger partial charge on any atom is 0.103 e. The fraction of sp³-hybridized carbons (Fsp3) is 0.250. The number of pyridine rings is 2. The zero-order valence-electron chi connectivity index (χ0n) is 10.8. The van der Waals surface area contributed by atoms with Crippen LogP contribution in [-0.4, -0.2) is 9.97 Å². The first-order valence-corrected chi connectivity index (χ1v) is 7.34. The van der Waals surface area contributed by atoms with E-state index in [1.165, 1.54) is 25.7 Å². The van der Waals surface area contributed by atoms with Crippen molar-refractivity contribution in [3.63, 3.8) is 0 Å². The average Bonchev–Trinajstić information content (AvgIpc) is 2.51. The molecule has 0 radical (unpaired) electrons. The molecule has 2 heterocycles. The Balaban J connectivity index is 0.000000186. The van der Waals surface area contributed by atoms with E-state index >= 15 is 0 Å². The first-order chi connectivity index (χ1) is 9.38. The Hall–Kier alpha value is -1.48. The molecule has 0 saturated carbocycles. The van der Waals surface area contributed by atoms with Crippen molar-refractivity contribution in [3.8, 4) is 11.4 Å². The van der Waals surface area contributed by atoms with E-state index in [2.05, 4.69) is 38.0 Å². The average molecular weight is 317 g/mol. The number of hydrogen-bond acceptors (Lipinski definition) is 2. The van der Waals surface area contributed by atoms with Gasteiger partial charge in [0.1, 0.15) is 5.69 Å². The standard InChI is InChI=1S/C10H7BrN2.C6H10/c11-8-4-3-7-13-10(8)9-5-1-2-6-12-9;1-2-4-6-5-3-1/h1-7H;1-2H,3-6H2. The second-order valence-electron chi connectivity index (χ2n) is 4.30. The molecule has 0 spiro atoms. The van der Waals surface area contributed by atoms with Crippen molar-refractivity contribution in [2.45, 2.75) is 25.7 Å². The van der Waals surface area contributed by atoms with Gasteiger partial charge in [-0.3, -0.25) is 9.97 Å². The second-order valence-corrected chi connectivity index (χ2v) is 5.16. The Labute approximate surface area is 122 Å². The molecular weight excluding hydrogens is 300 g/mol. The lowest BCUT2D eigenvalue weighted by molar-refractivity contribution is 0.730. The summed E-state index contributed by atoms with van der Waals surface area (Å²) in [5.74, 6) is 0. The highest BCUT2D eigenvalue weighted by Gasteiger charge is 2.02. The Bertz CT molecular complexity index is 515. The van der Waals surface area contributed by atoms with Gasteiger partial charge in [0.25, 0.3) is 0 Å². The first kappa shape index (κ1) is 13.9. The van der Waals surface area contributed by atoms with Gasteiger partial charge >= 0.3 is 0 Å². The molecule has 0 N–H and O–H groups in total. The van der Waals surface area contributed by atoms with Gasteiger partial charge in [-0.2, -0.15) is 0 Å². The Morgan fingerprint density at radius 2 is 1.58 bits per heavy atom. The Morgan fingerprint density at radius 1 is 0.842 bits per heavy atom. The summed E-state index contributed by atoms with van der Waals surface area (Å²) in [5.41, 5.74) is 1.76. The number of nitrogens with zero attached hydrogens (tertiary/aromatic N) is 2. The van der Waals surface area contributed by atoms with Crippen LogP contribution in [0.1, 0.15) is 25.7 Å². The van der Waals surface area contributed by atoms with E-state index in [0.29, 0.717) is 0 Å². The predicted molar refractivity (Wildman–Crippen MR) is 82.8 cm³/mol. The Kier molecular flexibility index (Phi) is 5.76. The van der Waals surface area contributed by atoms with Gasteiger partial charge < -0.3 is 0 Å². The minimum atomic E-state index is 0.878. The molecule has 3 rings (SSSR count). The van der Waals surface area contributed by atoms with Crippen LogP contribution in [0, 0.1) is 0 Å². The topological polar surface area (TPSA) is 25.8 Å². The highest BCUT2D eigenvalue weighted by Crippen LogP contribution is 2.22. The molecule has 0 bridgehead atoms.